The zero-order valence-electron chi connectivity index (χ0n) is 16.7. The van der Waals surface area contributed by atoms with Crippen molar-refractivity contribution >= 4 is 13.7 Å². The maximum absolute atomic E-state index is 11.6. The Morgan fingerprint density at radius 3 is 2.38 bits per heavy atom. The second-order valence-electron chi connectivity index (χ2n) is 5.40. The first-order valence-corrected chi connectivity index (χ1v) is 10.5. The van der Waals surface area contributed by atoms with Gasteiger partial charge in [0.15, 0.2) is 0 Å². The molecule has 7 heteroatoms. The Balaban J connectivity index is 4.14. The summed E-state index contributed by atoms with van der Waals surface area (Å²) in [5, 5.41) is 2.70. The Morgan fingerprint density at radius 1 is 1.07 bits per heavy atom. The van der Waals surface area contributed by atoms with Crippen molar-refractivity contribution in [2.75, 3.05) is 13.2 Å². The zero-order chi connectivity index (χ0) is 21.8. The number of carbonyl (C=O) groups is 1. The highest BCUT2D eigenvalue weighted by atomic mass is 31.2. The van der Waals surface area contributed by atoms with E-state index in [4.69, 9.17) is 4.52 Å². The first kappa shape index (κ1) is 26.0. The van der Waals surface area contributed by atoms with E-state index in [0.717, 1.165) is 24.8 Å². The Labute approximate surface area is 173 Å². The van der Waals surface area contributed by atoms with Crippen LogP contribution in [0.5, 0.6) is 0 Å². The lowest BCUT2D eigenvalue weighted by molar-refractivity contribution is -0.118. The van der Waals surface area contributed by atoms with Crippen LogP contribution >= 0.6 is 7.82 Å². The van der Waals surface area contributed by atoms with Crippen LogP contribution in [0, 0.1) is 47.5 Å². The third-order valence-electron chi connectivity index (χ3n) is 3.03. The molecular formula is C22H24NO5P. The third-order valence-corrected chi connectivity index (χ3v) is 3.86. The molecule has 6 nitrogen and oxygen atoms in total. The van der Waals surface area contributed by atoms with Crippen LogP contribution in [0.4, 0.5) is 0 Å². The van der Waals surface area contributed by atoms with Crippen LogP contribution < -0.4 is 5.32 Å². The Kier molecular flexibility index (Phi) is 15.3. The van der Waals surface area contributed by atoms with Crippen LogP contribution in [-0.2, 0) is 18.4 Å². The van der Waals surface area contributed by atoms with Crippen LogP contribution in [0.2, 0.25) is 0 Å². The van der Waals surface area contributed by atoms with Gasteiger partial charge in [0.05, 0.1) is 12.2 Å². The Morgan fingerprint density at radius 2 is 1.72 bits per heavy atom. The average molecular weight is 413 g/mol. The number of nitrogens with one attached hydrogen (secondary N) is 1. The van der Waals surface area contributed by atoms with E-state index >= 15 is 0 Å². The molecule has 152 valence electrons. The van der Waals surface area contributed by atoms with Crippen LogP contribution in [0.25, 0.3) is 0 Å². The lowest BCUT2D eigenvalue weighted by atomic mass is 10.2. The molecule has 29 heavy (non-hydrogen) atoms. The summed E-state index contributed by atoms with van der Waals surface area (Å²) in [6.45, 7) is 7.51. The number of amides is 1. The summed E-state index contributed by atoms with van der Waals surface area (Å²) in [6, 6.07) is 0. The van der Waals surface area contributed by atoms with Crippen LogP contribution in [0.1, 0.15) is 46.0 Å². The van der Waals surface area contributed by atoms with Crippen molar-refractivity contribution in [1.82, 2.24) is 5.32 Å². The number of hydrogen-bond donors (Lipinski definition) is 2. The number of phosphoric ester groups is 1. The summed E-state index contributed by atoms with van der Waals surface area (Å²) < 4.78 is 20.9. The van der Waals surface area contributed by atoms with E-state index in [9.17, 15) is 14.3 Å². The van der Waals surface area contributed by atoms with E-state index in [1.807, 2.05) is 13.0 Å². The van der Waals surface area contributed by atoms with Crippen molar-refractivity contribution in [2.45, 2.75) is 46.0 Å². The molecule has 0 aliphatic rings. The molecule has 0 bridgehead atoms. The predicted octanol–water partition coefficient (Wildman–Crippen LogP) is 3.06. The van der Waals surface area contributed by atoms with E-state index in [0.29, 0.717) is 19.4 Å². The second kappa shape index (κ2) is 17.1. The molecule has 0 saturated carbocycles. The highest BCUT2D eigenvalue weighted by Gasteiger charge is 2.20. The molecule has 1 atom stereocenters. The quantitative estimate of drug-likeness (QED) is 0.249. The van der Waals surface area contributed by atoms with Crippen LogP contribution in [-0.4, -0.2) is 24.0 Å². The topological polar surface area (TPSA) is 84.9 Å². The number of allylic oxidation sites excluding steroid dienone is 1. The SMILES string of the molecule is C=C=C=C(C#CC#CC#CC#COP(=O)(O)OCCCCCCNC(C)=O)CC. The first-order valence-electron chi connectivity index (χ1n) is 8.96. The van der Waals surface area contributed by atoms with Gasteiger partial charge in [-0.3, -0.25) is 14.2 Å². The van der Waals surface area contributed by atoms with Gasteiger partial charge in [0.25, 0.3) is 0 Å². The summed E-state index contributed by atoms with van der Waals surface area (Å²) in [5.41, 5.74) is 6.02. The number of rotatable bonds is 10. The minimum atomic E-state index is -4.23. The van der Waals surface area contributed by atoms with Crippen LogP contribution in [0.3, 0.4) is 0 Å². The highest BCUT2D eigenvalue weighted by molar-refractivity contribution is 7.47. The number of carbonyl (C=O) groups excluding carboxylic acids is 1. The minimum Gasteiger partial charge on any atom is -0.356 e. The molecule has 0 spiro atoms. The van der Waals surface area contributed by atoms with Crippen LogP contribution in [0.15, 0.2) is 23.6 Å². The molecule has 0 heterocycles. The van der Waals surface area contributed by atoms with E-state index in [1.54, 1.807) is 0 Å². The molecule has 0 saturated heterocycles. The van der Waals surface area contributed by atoms with E-state index in [-0.39, 0.29) is 12.5 Å². The fraction of sp³-hybridized carbons (Fsp3) is 0.409. The van der Waals surface area contributed by atoms with Crippen molar-refractivity contribution in [3.63, 3.8) is 0 Å². The maximum atomic E-state index is 11.6. The van der Waals surface area contributed by atoms with Gasteiger partial charge in [-0.25, -0.2) is 4.57 Å². The first-order chi connectivity index (χ1) is 13.9. The molecule has 0 rings (SSSR count). The fourth-order valence-electron chi connectivity index (χ4n) is 1.70. The van der Waals surface area contributed by atoms with Crippen molar-refractivity contribution in [1.29, 1.82) is 0 Å². The smallest absolute Gasteiger partial charge is 0.356 e. The molecular weight excluding hydrogens is 389 g/mol. The van der Waals surface area contributed by atoms with E-state index < -0.39 is 7.82 Å². The van der Waals surface area contributed by atoms with Crippen molar-refractivity contribution in [3.05, 3.63) is 23.6 Å². The Bertz CT molecular complexity index is 925. The van der Waals surface area contributed by atoms with E-state index in [1.165, 1.54) is 6.92 Å². The monoisotopic (exact) mass is 413 g/mol. The molecule has 0 aliphatic carbocycles. The lowest BCUT2D eigenvalue weighted by Gasteiger charge is -2.08. The molecule has 0 aliphatic heterocycles. The van der Waals surface area contributed by atoms with Crippen molar-refractivity contribution in [3.8, 4) is 47.5 Å². The minimum absolute atomic E-state index is 0.0573. The van der Waals surface area contributed by atoms with Gasteiger partial charge < -0.3 is 9.84 Å². The van der Waals surface area contributed by atoms with Gasteiger partial charge in [-0.2, -0.15) is 0 Å². The lowest BCUT2D eigenvalue weighted by Crippen LogP contribution is -2.20. The van der Waals surface area contributed by atoms with Gasteiger partial charge in [0.1, 0.15) is 6.11 Å². The molecule has 1 unspecified atom stereocenters. The fourth-order valence-corrected chi connectivity index (χ4v) is 2.28. The number of phosphoric acid groups is 1. The molecule has 0 radical (unpaired) electrons. The molecule has 1 amide bonds. The standard InChI is InChI=1S/C22H24NO5P/c1-4-16-22(5-2)17-12-8-6-7-10-14-19-27-29(25,26)28-20-15-11-9-13-18-23-21(3)24/h1,5,9,11,13,15,18,20H2,2-3H3,(H,23,24)(H,25,26). The number of unbranched alkanes of at least 4 members (excludes halogenated alkanes) is 3. The summed E-state index contributed by atoms with van der Waals surface area (Å²) in [5.74, 6) is 17.3. The normalized spacial score (nSPS) is 10.3. The van der Waals surface area contributed by atoms with Gasteiger partial charge in [-0.05, 0) is 49.5 Å². The summed E-state index contributed by atoms with van der Waals surface area (Å²) in [7, 11) is -4.23. The third kappa shape index (κ3) is 18.1. The Hall–Kier alpha value is -3.04. The van der Waals surface area contributed by atoms with Gasteiger partial charge in [-0.15, -0.1) is 0 Å². The van der Waals surface area contributed by atoms with Gasteiger partial charge >= 0.3 is 7.82 Å². The van der Waals surface area contributed by atoms with Gasteiger partial charge in [-0.1, -0.05) is 31.2 Å². The molecule has 0 aromatic carbocycles. The van der Waals surface area contributed by atoms with Crippen molar-refractivity contribution in [2.24, 2.45) is 0 Å². The van der Waals surface area contributed by atoms with Crippen molar-refractivity contribution < 1.29 is 23.3 Å². The summed E-state index contributed by atoms with van der Waals surface area (Å²) in [6.07, 6.45) is 5.82. The van der Waals surface area contributed by atoms with E-state index in [2.05, 4.69) is 69.3 Å². The van der Waals surface area contributed by atoms with Gasteiger partial charge in [0, 0.05) is 31.2 Å². The highest BCUT2D eigenvalue weighted by Crippen LogP contribution is 2.42. The maximum Gasteiger partial charge on any atom is 0.535 e. The largest absolute Gasteiger partial charge is 0.535 e. The molecule has 0 aromatic rings. The van der Waals surface area contributed by atoms with Gasteiger partial charge in [0.2, 0.25) is 5.91 Å². The molecule has 0 aromatic heterocycles. The number of hydrogen-bond acceptors (Lipinski definition) is 4. The summed E-state index contributed by atoms with van der Waals surface area (Å²) in [4.78, 5) is 20.1. The summed E-state index contributed by atoms with van der Waals surface area (Å²) >= 11 is 0. The average Bonchev–Trinajstić information content (AvgIpc) is 2.67. The predicted molar refractivity (Wildman–Crippen MR) is 112 cm³/mol. The second-order valence-corrected chi connectivity index (χ2v) is 6.78. The zero-order valence-corrected chi connectivity index (χ0v) is 17.6. The molecule has 2 N–H and O–H groups in total. The molecule has 0 fully saturated rings.